The Morgan fingerprint density at radius 3 is 2.73 bits per heavy atom. The predicted octanol–water partition coefficient (Wildman–Crippen LogP) is 1.70. The molecule has 0 unspecified atom stereocenters. The summed E-state index contributed by atoms with van der Waals surface area (Å²) < 4.78 is 5.02. The minimum Gasteiger partial charge on any atom is -0.385 e. The SMILES string of the molecule is CN=C(NCCCOC)NCCCc1nc2ccccc2[nH]1. The maximum absolute atomic E-state index is 5.02. The molecule has 6 heteroatoms. The van der Waals surface area contributed by atoms with Gasteiger partial charge in [0.1, 0.15) is 5.82 Å². The van der Waals surface area contributed by atoms with E-state index in [4.69, 9.17) is 4.74 Å². The fourth-order valence-corrected chi connectivity index (χ4v) is 2.23. The highest BCUT2D eigenvalue weighted by molar-refractivity contribution is 5.79. The number of aromatic nitrogens is 2. The van der Waals surface area contributed by atoms with Crippen LogP contribution in [0.25, 0.3) is 11.0 Å². The zero-order valence-electron chi connectivity index (χ0n) is 13.4. The first kappa shape index (κ1) is 16.3. The van der Waals surface area contributed by atoms with E-state index < -0.39 is 0 Å². The number of nitrogens with zero attached hydrogens (tertiary/aromatic N) is 2. The molecule has 1 aromatic heterocycles. The van der Waals surface area contributed by atoms with Crippen molar-refractivity contribution in [2.45, 2.75) is 19.3 Å². The minimum atomic E-state index is 0.760. The lowest BCUT2D eigenvalue weighted by atomic mass is 10.3. The topological polar surface area (TPSA) is 74.3 Å². The van der Waals surface area contributed by atoms with Gasteiger partial charge in [-0.1, -0.05) is 12.1 Å². The van der Waals surface area contributed by atoms with E-state index in [0.717, 1.165) is 61.8 Å². The summed E-state index contributed by atoms with van der Waals surface area (Å²) in [4.78, 5) is 12.1. The van der Waals surface area contributed by atoms with E-state index in [-0.39, 0.29) is 0 Å². The molecule has 0 amide bonds. The van der Waals surface area contributed by atoms with Crippen LogP contribution < -0.4 is 10.6 Å². The zero-order valence-corrected chi connectivity index (χ0v) is 13.4. The van der Waals surface area contributed by atoms with Crippen molar-refractivity contribution >= 4 is 17.0 Å². The number of fused-ring (bicyclic) bond motifs is 1. The molecule has 0 spiro atoms. The Morgan fingerprint density at radius 1 is 1.23 bits per heavy atom. The molecule has 0 bridgehead atoms. The number of methoxy groups -OCH3 is 1. The number of imidazole rings is 1. The van der Waals surface area contributed by atoms with Crippen LogP contribution in [0.4, 0.5) is 0 Å². The highest BCUT2D eigenvalue weighted by Gasteiger charge is 2.02. The highest BCUT2D eigenvalue weighted by Crippen LogP contribution is 2.10. The number of aryl methyl sites for hydroxylation is 1. The summed E-state index contributed by atoms with van der Waals surface area (Å²) in [6.07, 6.45) is 2.89. The molecule has 2 rings (SSSR count). The largest absolute Gasteiger partial charge is 0.385 e. The Kier molecular flexibility index (Phi) is 6.70. The van der Waals surface area contributed by atoms with E-state index in [9.17, 15) is 0 Å². The lowest BCUT2D eigenvalue weighted by Gasteiger charge is -2.11. The van der Waals surface area contributed by atoms with Crippen LogP contribution in [0.15, 0.2) is 29.3 Å². The number of benzene rings is 1. The van der Waals surface area contributed by atoms with Crippen molar-refractivity contribution in [3.05, 3.63) is 30.1 Å². The molecule has 3 N–H and O–H groups in total. The van der Waals surface area contributed by atoms with Gasteiger partial charge in [0.2, 0.25) is 0 Å². The minimum absolute atomic E-state index is 0.760. The second kappa shape index (κ2) is 9.04. The van der Waals surface area contributed by atoms with Gasteiger partial charge in [-0.25, -0.2) is 4.98 Å². The van der Waals surface area contributed by atoms with Crippen LogP contribution in [0, 0.1) is 0 Å². The van der Waals surface area contributed by atoms with Crippen LogP contribution in [0.2, 0.25) is 0 Å². The van der Waals surface area contributed by atoms with Gasteiger partial charge in [-0.15, -0.1) is 0 Å². The Bertz CT molecular complexity index is 560. The molecule has 0 saturated heterocycles. The average molecular weight is 303 g/mol. The third-order valence-electron chi connectivity index (χ3n) is 3.36. The summed E-state index contributed by atoms with van der Waals surface area (Å²) in [6.45, 7) is 2.48. The highest BCUT2D eigenvalue weighted by atomic mass is 16.5. The summed E-state index contributed by atoms with van der Waals surface area (Å²) >= 11 is 0. The molecular weight excluding hydrogens is 278 g/mol. The third kappa shape index (κ3) is 5.04. The van der Waals surface area contributed by atoms with Crippen LogP contribution in [0.3, 0.4) is 0 Å². The first-order valence-electron chi connectivity index (χ1n) is 7.70. The lowest BCUT2D eigenvalue weighted by molar-refractivity contribution is 0.195. The number of H-pyrrole nitrogens is 1. The second-order valence-electron chi connectivity index (χ2n) is 5.08. The number of para-hydroxylation sites is 2. The maximum Gasteiger partial charge on any atom is 0.190 e. The van der Waals surface area contributed by atoms with E-state index in [1.165, 1.54) is 0 Å². The summed E-state index contributed by atoms with van der Waals surface area (Å²) in [5.41, 5.74) is 2.13. The molecule has 6 nitrogen and oxygen atoms in total. The van der Waals surface area contributed by atoms with Crippen molar-refractivity contribution in [3.8, 4) is 0 Å². The quantitative estimate of drug-likeness (QED) is 0.394. The molecule has 0 aliphatic rings. The van der Waals surface area contributed by atoms with Gasteiger partial charge in [0, 0.05) is 40.3 Å². The van der Waals surface area contributed by atoms with Gasteiger partial charge in [0.05, 0.1) is 11.0 Å². The molecular formula is C16H25N5O. The molecule has 0 saturated carbocycles. The Hall–Kier alpha value is -2.08. The summed E-state index contributed by atoms with van der Waals surface area (Å²) in [6, 6.07) is 8.11. The van der Waals surface area contributed by atoms with Gasteiger partial charge < -0.3 is 20.4 Å². The molecule has 0 radical (unpaired) electrons. The van der Waals surface area contributed by atoms with Crippen LogP contribution in [0.1, 0.15) is 18.7 Å². The summed E-state index contributed by atoms with van der Waals surface area (Å²) in [5.74, 6) is 1.87. The first-order chi connectivity index (χ1) is 10.8. The van der Waals surface area contributed by atoms with Crippen LogP contribution in [0.5, 0.6) is 0 Å². The van der Waals surface area contributed by atoms with Gasteiger partial charge in [0.15, 0.2) is 5.96 Å². The number of hydrogen-bond donors (Lipinski definition) is 3. The molecule has 2 aromatic rings. The standard InChI is InChI=1S/C16H25N5O/c1-17-16(19-11-6-12-22-2)18-10-5-9-15-20-13-7-3-4-8-14(13)21-15/h3-4,7-8H,5-6,9-12H2,1-2H3,(H,20,21)(H2,17,18,19). The maximum atomic E-state index is 5.02. The lowest BCUT2D eigenvalue weighted by Crippen LogP contribution is -2.38. The van der Waals surface area contributed by atoms with Gasteiger partial charge in [-0.2, -0.15) is 0 Å². The van der Waals surface area contributed by atoms with Crippen molar-refractivity contribution < 1.29 is 4.74 Å². The van der Waals surface area contributed by atoms with Crippen LogP contribution >= 0.6 is 0 Å². The van der Waals surface area contributed by atoms with Gasteiger partial charge in [-0.05, 0) is 25.0 Å². The van der Waals surface area contributed by atoms with E-state index in [1.807, 2.05) is 18.2 Å². The number of rotatable bonds is 8. The van der Waals surface area contributed by atoms with Crippen molar-refractivity contribution in [1.29, 1.82) is 0 Å². The number of hydrogen-bond acceptors (Lipinski definition) is 3. The molecule has 0 aliphatic heterocycles. The van der Waals surface area contributed by atoms with E-state index >= 15 is 0 Å². The summed E-state index contributed by atoms with van der Waals surface area (Å²) in [7, 11) is 3.50. The van der Waals surface area contributed by atoms with E-state index in [0.29, 0.717) is 0 Å². The molecule has 22 heavy (non-hydrogen) atoms. The number of aromatic amines is 1. The Labute approximate surface area is 131 Å². The third-order valence-corrected chi connectivity index (χ3v) is 3.36. The number of ether oxygens (including phenoxy) is 1. The monoisotopic (exact) mass is 303 g/mol. The zero-order chi connectivity index (χ0) is 15.6. The molecule has 1 heterocycles. The summed E-state index contributed by atoms with van der Waals surface area (Å²) in [5, 5.41) is 6.57. The smallest absolute Gasteiger partial charge is 0.190 e. The number of aliphatic imine (C=N–C) groups is 1. The van der Waals surface area contributed by atoms with E-state index in [1.54, 1.807) is 14.2 Å². The van der Waals surface area contributed by atoms with Crippen molar-refractivity contribution in [1.82, 2.24) is 20.6 Å². The van der Waals surface area contributed by atoms with Gasteiger partial charge >= 0.3 is 0 Å². The first-order valence-corrected chi connectivity index (χ1v) is 7.70. The molecule has 1 aromatic carbocycles. The average Bonchev–Trinajstić information content (AvgIpc) is 2.96. The molecule has 120 valence electrons. The van der Waals surface area contributed by atoms with Crippen LogP contribution in [-0.4, -0.2) is 49.8 Å². The molecule has 0 atom stereocenters. The molecule has 0 fully saturated rings. The van der Waals surface area contributed by atoms with Crippen molar-refractivity contribution in [3.63, 3.8) is 0 Å². The fourth-order valence-electron chi connectivity index (χ4n) is 2.23. The van der Waals surface area contributed by atoms with Crippen molar-refractivity contribution in [2.75, 3.05) is 33.9 Å². The molecule has 0 aliphatic carbocycles. The number of nitrogens with one attached hydrogen (secondary N) is 3. The Balaban J connectivity index is 1.67. The fraction of sp³-hybridized carbons (Fsp3) is 0.500. The van der Waals surface area contributed by atoms with Gasteiger partial charge in [-0.3, -0.25) is 4.99 Å². The van der Waals surface area contributed by atoms with Gasteiger partial charge in [0.25, 0.3) is 0 Å². The van der Waals surface area contributed by atoms with Crippen LogP contribution in [-0.2, 0) is 11.2 Å². The van der Waals surface area contributed by atoms with E-state index in [2.05, 4.69) is 31.7 Å². The normalized spacial score (nSPS) is 11.8. The van der Waals surface area contributed by atoms with Crippen molar-refractivity contribution in [2.24, 2.45) is 4.99 Å². The number of guanidine groups is 1. The Morgan fingerprint density at radius 2 is 2.00 bits per heavy atom. The predicted molar refractivity (Wildman–Crippen MR) is 90.3 cm³/mol. The second-order valence-corrected chi connectivity index (χ2v) is 5.08.